The molecule has 0 spiro atoms. The van der Waals surface area contributed by atoms with E-state index in [9.17, 15) is 22.8 Å². The van der Waals surface area contributed by atoms with E-state index < -0.39 is 17.6 Å². The molecule has 3 N–H and O–H groups in total. The number of amides is 2. The number of likely N-dealkylation sites (tertiary alicyclic amines) is 1. The van der Waals surface area contributed by atoms with Crippen LogP contribution in [0.3, 0.4) is 0 Å². The molecule has 3 aromatic heterocycles. The highest BCUT2D eigenvalue weighted by atomic mass is 19.4. The molecule has 1 aliphatic heterocycles. The van der Waals surface area contributed by atoms with Crippen LogP contribution in [0.4, 0.5) is 24.8 Å². The lowest BCUT2D eigenvalue weighted by Gasteiger charge is -2.33. The Labute approximate surface area is 286 Å². The van der Waals surface area contributed by atoms with Gasteiger partial charge in [0.05, 0.1) is 69.7 Å². The zero-order valence-electron chi connectivity index (χ0n) is 27.5. The van der Waals surface area contributed by atoms with Crippen molar-refractivity contribution in [1.29, 1.82) is 0 Å². The molecule has 0 radical (unpaired) electrons. The lowest BCUT2D eigenvalue weighted by Crippen LogP contribution is -2.41. The number of aromatic nitrogens is 5. The Bertz CT molecular complexity index is 1740. The first-order valence-corrected chi connectivity index (χ1v) is 16.1. The molecule has 268 valence electrons. The largest absolute Gasteiger partial charge is 0.416 e. The Morgan fingerprint density at radius 2 is 1.66 bits per heavy atom. The van der Waals surface area contributed by atoms with E-state index in [1.54, 1.807) is 28.8 Å². The van der Waals surface area contributed by atoms with Gasteiger partial charge in [0.2, 0.25) is 5.91 Å². The number of methoxy groups -OCH3 is 1. The van der Waals surface area contributed by atoms with E-state index in [-0.39, 0.29) is 42.2 Å². The van der Waals surface area contributed by atoms with Crippen LogP contribution in [0.1, 0.15) is 41.2 Å². The Hall–Kier alpha value is -4.71. The maximum atomic E-state index is 13.1. The third kappa shape index (κ3) is 9.50. The number of alkyl halides is 3. The molecule has 4 aromatic rings. The summed E-state index contributed by atoms with van der Waals surface area (Å²) in [5, 5.41) is 7.80. The van der Waals surface area contributed by atoms with Gasteiger partial charge in [0.25, 0.3) is 5.91 Å². The van der Waals surface area contributed by atoms with Crippen molar-refractivity contribution < 1.29 is 41.7 Å². The van der Waals surface area contributed by atoms with Crippen LogP contribution >= 0.6 is 0 Å². The number of nitrogens with zero attached hydrogens (tertiary/aromatic N) is 6. The van der Waals surface area contributed by atoms with Gasteiger partial charge in [-0.1, -0.05) is 12.1 Å². The third-order valence-corrected chi connectivity index (χ3v) is 8.00. The van der Waals surface area contributed by atoms with E-state index in [4.69, 9.17) is 29.8 Å². The maximum absolute atomic E-state index is 13.1. The topological polar surface area (TPSA) is 169 Å². The van der Waals surface area contributed by atoms with E-state index in [2.05, 4.69) is 20.3 Å². The third-order valence-electron chi connectivity index (χ3n) is 8.00. The number of piperidine rings is 1. The Balaban J connectivity index is 1.20. The van der Waals surface area contributed by atoms with E-state index in [0.717, 1.165) is 31.2 Å². The quantitative estimate of drug-likeness (QED) is 0.162. The fourth-order valence-corrected chi connectivity index (χ4v) is 5.48. The number of carbonyl (C=O) groups excluding carboxylic acids is 2. The molecule has 1 saturated heterocycles. The van der Waals surface area contributed by atoms with E-state index >= 15 is 0 Å². The summed E-state index contributed by atoms with van der Waals surface area (Å²) in [6, 6.07) is 7.78. The molecule has 0 unspecified atom stereocenters. The van der Waals surface area contributed by atoms with Crippen LogP contribution in [0.2, 0.25) is 0 Å². The van der Waals surface area contributed by atoms with E-state index in [0.29, 0.717) is 75.0 Å². The number of hydrogen-bond acceptors (Lipinski definition) is 11. The molecule has 0 saturated carbocycles. The van der Waals surface area contributed by atoms with Crippen molar-refractivity contribution in [3.63, 3.8) is 0 Å². The first-order chi connectivity index (χ1) is 24.2. The van der Waals surface area contributed by atoms with Crippen molar-refractivity contribution in [3.8, 4) is 11.3 Å². The smallest absolute Gasteiger partial charge is 0.383 e. The molecule has 0 bridgehead atoms. The Morgan fingerprint density at radius 1 is 0.960 bits per heavy atom. The molecule has 14 nitrogen and oxygen atoms in total. The number of pyridine rings is 1. The van der Waals surface area contributed by atoms with Gasteiger partial charge >= 0.3 is 6.18 Å². The van der Waals surface area contributed by atoms with Gasteiger partial charge in [0.1, 0.15) is 23.7 Å². The lowest BCUT2D eigenvalue weighted by atomic mass is 10.1. The predicted molar refractivity (Wildman–Crippen MR) is 176 cm³/mol. The number of benzene rings is 1. The zero-order valence-corrected chi connectivity index (χ0v) is 27.5. The number of halogens is 3. The fourth-order valence-electron chi connectivity index (χ4n) is 5.48. The monoisotopic (exact) mass is 700 g/mol. The second-order valence-corrected chi connectivity index (χ2v) is 11.4. The number of anilines is 2. The molecular weight excluding hydrogens is 661 g/mol. The molecule has 4 heterocycles. The molecule has 17 heteroatoms. The molecular formula is C33H39F3N8O6. The number of ether oxygens (including phenoxy) is 4. The van der Waals surface area contributed by atoms with Crippen molar-refractivity contribution in [1.82, 2.24) is 29.6 Å². The number of carbonyl (C=O) groups is 2. The van der Waals surface area contributed by atoms with Gasteiger partial charge in [-0.3, -0.25) is 9.59 Å². The van der Waals surface area contributed by atoms with Gasteiger partial charge < -0.3 is 34.9 Å². The maximum Gasteiger partial charge on any atom is 0.416 e. The van der Waals surface area contributed by atoms with Gasteiger partial charge in [-0.15, -0.1) is 0 Å². The molecule has 0 aliphatic carbocycles. The van der Waals surface area contributed by atoms with Crippen LogP contribution in [0.5, 0.6) is 0 Å². The summed E-state index contributed by atoms with van der Waals surface area (Å²) in [6.45, 7) is 4.07. The number of rotatable bonds is 16. The van der Waals surface area contributed by atoms with Gasteiger partial charge in [-0.25, -0.2) is 19.6 Å². The summed E-state index contributed by atoms with van der Waals surface area (Å²) < 4.78 is 62.3. The lowest BCUT2D eigenvalue weighted by molar-refractivity contribution is -0.137. The first-order valence-electron chi connectivity index (χ1n) is 16.1. The molecule has 1 aliphatic rings. The van der Waals surface area contributed by atoms with Crippen molar-refractivity contribution in [2.45, 2.75) is 31.5 Å². The standard InChI is InChI=1S/C33H39F3N8O6/c1-47-13-14-49-17-18-50-16-15-48-12-9-27(45)43-11-2-3-25(20-43)44-31-28(30(37)39-21-40-31)29(42-44)22-4-6-23(7-5-22)32(46)41-26-19-24(8-10-38-26)33(34,35)36/h4-8,10,19,21,25H,2-3,9,11-18,20H2,1H3,(H2,37,39,40)(H,38,41,46)/t25-/m1/s1. The summed E-state index contributed by atoms with van der Waals surface area (Å²) in [5.74, 6) is -0.664. The van der Waals surface area contributed by atoms with Gasteiger partial charge in [-0.2, -0.15) is 18.3 Å². The van der Waals surface area contributed by atoms with Crippen LogP contribution in [-0.2, 0) is 29.9 Å². The highest BCUT2D eigenvalue weighted by Crippen LogP contribution is 2.34. The van der Waals surface area contributed by atoms with Crippen LogP contribution in [-0.4, -0.2) is 108 Å². The fraction of sp³-hybridized carbons (Fsp3) is 0.455. The average molecular weight is 701 g/mol. The summed E-state index contributed by atoms with van der Waals surface area (Å²) in [6.07, 6.45) is -0.476. The van der Waals surface area contributed by atoms with Crippen molar-refractivity contribution in [3.05, 3.63) is 60.0 Å². The number of fused-ring (bicyclic) bond motifs is 1. The van der Waals surface area contributed by atoms with Crippen LogP contribution in [0.15, 0.2) is 48.9 Å². The van der Waals surface area contributed by atoms with Gasteiger partial charge in [-0.05, 0) is 37.1 Å². The molecule has 1 fully saturated rings. The Kier molecular flexibility index (Phi) is 12.6. The minimum atomic E-state index is -4.57. The first kappa shape index (κ1) is 36.6. The van der Waals surface area contributed by atoms with Crippen molar-refractivity contribution in [2.75, 3.05) is 77.5 Å². The second kappa shape index (κ2) is 17.3. The molecule has 50 heavy (non-hydrogen) atoms. The van der Waals surface area contributed by atoms with Crippen molar-refractivity contribution >= 4 is 34.5 Å². The summed E-state index contributed by atoms with van der Waals surface area (Å²) in [7, 11) is 1.61. The van der Waals surface area contributed by atoms with Crippen molar-refractivity contribution in [2.24, 2.45) is 0 Å². The minimum Gasteiger partial charge on any atom is -0.383 e. The highest BCUT2D eigenvalue weighted by Gasteiger charge is 2.31. The molecule has 1 atom stereocenters. The number of nitrogens with one attached hydrogen (secondary N) is 1. The number of nitrogen functional groups attached to an aromatic ring is 1. The summed E-state index contributed by atoms with van der Waals surface area (Å²) in [4.78, 5) is 40.1. The molecule has 5 rings (SSSR count). The van der Waals surface area contributed by atoms with Crippen LogP contribution in [0, 0.1) is 0 Å². The van der Waals surface area contributed by atoms with Crippen LogP contribution in [0.25, 0.3) is 22.3 Å². The number of nitrogens with two attached hydrogens (primary N) is 1. The second-order valence-electron chi connectivity index (χ2n) is 11.4. The van der Waals surface area contributed by atoms with E-state index in [1.807, 2.05) is 0 Å². The number of hydrogen-bond donors (Lipinski definition) is 2. The SMILES string of the molecule is COCCOCCOCCOCCC(=O)N1CCC[C@@H](n2nc(-c3ccc(C(=O)Nc4cc(C(F)(F)F)ccn4)cc3)c3c(N)ncnc32)C1. The van der Waals surface area contributed by atoms with Crippen LogP contribution < -0.4 is 11.1 Å². The Morgan fingerprint density at radius 3 is 2.36 bits per heavy atom. The summed E-state index contributed by atoms with van der Waals surface area (Å²) >= 11 is 0. The predicted octanol–water partition coefficient (Wildman–Crippen LogP) is 3.99. The molecule has 2 amide bonds. The molecule has 1 aromatic carbocycles. The summed E-state index contributed by atoms with van der Waals surface area (Å²) in [5.41, 5.74) is 7.19. The highest BCUT2D eigenvalue weighted by molar-refractivity contribution is 6.04. The normalized spacial score (nSPS) is 15.0. The average Bonchev–Trinajstić information content (AvgIpc) is 3.51. The van der Waals surface area contributed by atoms with E-state index in [1.165, 1.54) is 18.5 Å². The minimum absolute atomic E-state index is 0.0258. The van der Waals surface area contributed by atoms with Gasteiger partial charge in [0.15, 0.2) is 5.65 Å². The van der Waals surface area contributed by atoms with Gasteiger partial charge in [0, 0.05) is 37.5 Å². The zero-order chi connectivity index (χ0) is 35.5.